The second-order valence-electron chi connectivity index (χ2n) is 5.81. The van der Waals surface area contributed by atoms with Crippen LogP contribution in [-0.2, 0) is 9.53 Å². The van der Waals surface area contributed by atoms with Gasteiger partial charge in [-0.15, -0.1) is 0 Å². The van der Waals surface area contributed by atoms with Crippen molar-refractivity contribution in [3.8, 4) is 0 Å². The molecule has 0 radical (unpaired) electrons. The molecule has 2 heterocycles. The minimum atomic E-state index is -0.450. The van der Waals surface area contributed by atoms with Gasteiger partial charge in [-0.05, 0) is 44.1 Å². The number of benzene rings is 1. The van der Waals surface area contributed by atoms with E-state index in [1.54, 1.807) is 6.92 Å². The summed E-state index contributed by atoms with van der Waals surface area (Å²) in [7, 11) is 0. The molecule has 7 nitrogen and oxygen atoms in total. The van der Waals surface area contributed by atoms with Crippen LogP contribution in [0.3, 0.4) is 0 Å². The van der Waals surface area contributed by atoms with E-state index in [2.05, 4.69) is 26.5 Å². The van der Waals surface area contributed by atoms with Gasteiger partial charge in [0.1, 0.15) is 6.04 Å². The molecule has 1 aromatic heterocycles. The maximum absolute atomic E-state index is 12.2. The van der Waals surface area contributed by atoms with E-state index in [0.29, 0.717) is 16.8 Å². The lowest BCUT2D eigenvalue weighted by Gasteiger charge is -2.17. The van der Waals surface area contributed by atoms with Crippen molar-refractivity contribution in [2.24, 2.45) is 0 Å². The van der Waals surface area contributed by atoms with Crippen LogP contribution in [0, 0.1) is 0 Å². The predicted octanol–water partition coefficient (Wildman–Crippen LogP) is 1.77. The number of hydrogen-bond acceptors (Lipinski definition) is 6. The number of thiazole rings is 1. The van der Waals surface area contributed by atoms with Crippen molar-refractivity contribution in [2.45, 2.75) is 31.9 Å². The Labute approximate surface area is 155 Å². The highest BCUT2D eigenvalue weighted by atomic mass is 32.1. The molecule has 1 saturated heterocycles. The molecule has 1 aromatic carbocycles. The fourth-order valence-electron chi connectivity index (χ4n) is 2.47. The van der Waals surface area contributed by atoms with E-state index >= 15 is 0 Å². The van der Waals surface area contributed by atoms with E-state index < -0.39 is 6.04 Å². The number of thiocarbonyl (C=S) groups is 1. The van der Waals surface area contributed by atoms with Crippen LogP contribution in [0.4, 0.5) is 5.13 Å². The Bertz CT molecular complexity index is 712. The average molecular weight is 380 g/mol. The number of carbonyl (C=O) groups is 1. The molecule has 0 spiro atoms. The number of nitrogens with one attached hydrogen (secondary N) is 4. The van der Waals surface area contributed by atoms with Crippen molar-refractivity contribution in [3.05, 3.63) is 24.3 Å². The third-order valence-electron chi connectivity index (χ3n) is 3.84. The lowest BCUT2D eigenvalue weighted by molar-refractivity contribution is -0.122. The summed E-state index contributed by atoms with van der Waals surface area (Å²) >= 11 is 6.66. The molecule has 1 aliphatic heterocycles. The third kappa shape index (κ3) is 5.00. The molecular weight excluding hydrogens is 358 g/mol. The van der Waals surface area contributed by atoms with Crippen molar-refractivity contribution in [3.63, 3.8) is 0 Å². The van der Waals surface area contributed by atoms with Gasteiger partial charge in [-0.25, -0.2) is 4.98 Å². The van der Waals surface area contributed by atoms with Gasteiger partial charge in [-0.3, -0.25) is 15.6 Å². The molecule has 2 aromatic rings. The molecule has 1 fully saturated rings. The second-order valence-corrected chi connectivity index (χ2v) is 7.25. The Kier molecular flexibility index (Phi) is 6.00. The second kappa shape index (κ2) is 8.41. The zero-order chi connectivity index (χ0) is 17.6. The number of aromatic nitrogens is 1. The quantitative estimate of drug-likeness (QED) is 0.465. The largest absolute Gasteiger partial charge is 0.376 e. The maximum atomic E-state index is 12.2. The first-order valence-electron chi connectivity index (χ1n) is 8.19. The molecule has 0 unspecified atom stereocenters. The zero-order valence-electron chi connectivity index (χ0n) is 13.9. The van der Waals surface area contributed by atoms with Crippen LogP contribution in [0.5, 0.6) is 0 Å². The van der Waals surface area contributed by atoms with Gasteiger partial charge < -0.3 is 15.4 Å². The van der Waals surface area contributed by atoms with Crippen LogP contribution < -0.4 is 21.5 Å². The first kappa shape index (κ1) is 17.8. The number of nitrogens with zero attached hydrogens (tertiary/aromatic N) is 1. The Morgan fingerprint density at radius 2 is 2.28 bits per heavy atom. The monoisotopic (exact) mass is 379 g/mol. The lowest BCUT2D eigenvalue weighted by atomic mass is 10.2. The number of amides is 1. The van der Waals surface area contributed by atoms with Gasteiger partial charge >= 0.3 is 0 Å². The Balaban J connectivity index is 1.41. The van der Waals surface area contributed by atoms with Gasteiger partial charge in [0.2, 0.25) is 0 Å². The highest BCUT2D eigenvalue weighted by Crippen LogP contribution is 2.25. The number of carbonyl (C=O) groups excluding carboxylic acids is 1. The summed E-state index contributed by atoms with van der Waals surface area (Å²) in [5.74, 6) is -0.222. The van der Waals surface area contributed by atoms with E-state index in [4.69, 9.17) is 17.0 Å². The molecule has 9 heteroatoms. The highest BCUT2D eigenvalue weighted by molar-refractivity contribution is 7.80. The number of fused-ring (bicyclic) bond motifs is 1. The number of hydrogen-bond donors (Lipinski definition) is 4. The molecule has 0 saturated carbocycles. The molecule has 0 aliphatic carbocycles. The van der Waals surface area contributed by atoms with Crippen LogP contribution in [-0.4, -0.2) is 41.3 Å². The van der Waals surface area contributed by atoms with Crippen LogP contribution >= 0.6 is 23.6 Å². The number of hydrazine groups is 1. The highest BCUT2D eigenvalue weighted by Gasteiger charge is 2.17. The zero-order valence-corrected chi connectivity index (χ0v) is 15.5. The van der Waals surface area contributed by atoms with Crippen molar-refractivity contribution >= 4 is 49.9 Å². The Morgan fingerprint density at radius 1 is 1.44 bits per heavy atom. The molecule has 4 N–H and O–H groups in total. The third-order valence-corrected chi connectivity index (χ3v) is 5.05. The van der Waals surface area contributed by atoms with Gasteiger partial charge in [-0.1, -0.05) is 23.5 Å². The fourth-order valence-corrected chi connectivity index (χ4v) is 3.55. The standard InChI is InChI=1S/C16H21N5O2S2/c1-10(18-16-19-12-6-2-3-7-13(12)25-16)14(22)20-21-15(24)17-9-11-5-4-8-23-11/h2-3,6-7,10-11H,4-5,8-9H2,1H3,(H,18,19)(H,20,22)(H2,17,21,24)/t10-,11-/m1/s1. The van der Waals surface area contributed by atoms with E-state index in [-0.39, 0.29) is 12.0 Å². The number of rotatable bonds is 5. The van der Waals surface area contributed by atoms with E-state index in [1.165, 1.54) is 11.3 Å². The van der Waals surface area contributed by atoms with Gasteiger partial charge in [0.05, 0.1) is 16.3 Å². The normalized spacial score (nSPS) is 17.9. The van der Waals surface area contributed by atoms with E-state index in [9.17, 15) is 4.79 Å². The summed E-state index contributed by atoms with van der Waals surface area (Å²) in [6.07, 6.45) is 2.30. The molecule has 1 amide bonds. The topological polar surface area (TPSA) is 87.3 Å². The van der Waals surface area contributed by atoms with Gasteiger partial charge in [0.25, 0.3) is 5.91 Å². The van der Waals surface area contributed by atoms with Crippen molar-refractivity contribution in [2.75, 3.05) is 18.5 Å². The van der Waals surface area contributed by atoms with Crippen molar-refractivity contribution in [1.82, 2.24) is 21.2 Å². The predicted molar refractivity (Wildman–Crippen MR) is 104 cm³/mol. The van der Waals surface area contributed by atoms with Gasteiger partial charge in [-0.2, -0.15) is 0 Å². The van der Waals surface area contributed by atoms with Crippen molar-refractivity contribution in [1.29, 1.82) is 0 Å². The fraction of sp³-hybridized carbons (Fsp3) is 0.438. The summed E-state index contributed by atoms with van der Waals surface area (Å²) in [4.78, 5) is 16.6. The first-order chi connectivity index (χ1) is 12.1. The number of ether oxygens (including phenoxy) is 1. The van der Waals surface area contributed by atoms with Crippen molar-refractivity contribution < 1.29 is 9.53 Å². The minimum absolute atomic E-state index is 0.190. The van der Waals surface area contributed by atoms with Crippen LogP contribution in [0.25, 0.3) is 10.2 Å². The summed E-state index contributed by atoms with van der Waals surface area (Å²) in [5.41, 5.74) is 6.22. The number of anilines is 1. The molecule has 3 rings (SSSR count). The molecule has 25 heavy (non-hydrogen) atoms. The average Bonchev–Trinajstić information content (AvgIpc) is 3.26. The molecule has 2 atom stereocenters. The summed E-state index contributed by atoms with van der Waals surface area (Å²) in [6.45, 7) is 3.21. The molecule has 1 aliphatic rings. The van der Waals surface area contributed by atoms with Crippen LogP contribution in [0.15, 0.2) is 24.3 Å². The smallest absolute Gasteiger partial charge is 0.260 e. The molecule has 0 bridgehead atoms. The van der Waals surface area contributed by atoms with Gasteiger partial charge in [0, 0.05) is 13.2 Å². The Morgan fingerprint density at radius 3 is 3.04 bits per heavy atom. The van der Waals surface area contributed by atoms with E-state index in [1.807, 2.05) is 24.3 Å². The Hall–Kier alpha value is -1.97. The number of para-hydroxylation sites is 1. The molecular formula is C16H21N5O2S2. The van der Waals surface area contributed by atoms with Crippen LogP contribution in [0.1, 0.15) is 19.8 Å². The lowest BCUT2D eigenvalue weighted by Crippen LogP contribution is -2.51. The summed E-state index contributed by atoms with van der Waals surface area (Å²) < 4.78 is 6.58. The summed E-state index contributed by atoms with van der Waals surface area (Å²) in [6, 6.07) is 7.41. The molecule has 134 valence electrons. The minimum Gasteiger partial charge on any atom is -0.376 e. The van der Waals surface area contributed by atoms with Gasteiger partial charge in [0.15, 0.2) is 10.2 Å². The van der Waals surface area contributed by atoms with Crippen LogP contribution in [0.2, 0.25) is 0 Å². The van der Waals surface area contributed by atoms with E-state index in [0.717, 1.165) is 29.7 Å². The first-order valence-corrected chi connectivity index (χ1v) is 9.41. The maximum Gasteiger partial charge on any atom is 0.260 e. The SMILES string of the molecule is C[C@@H](Nc1nc2ccccc2s1)C(=O)NNC(=S)NC[C@H]1CCCO1. The summed E-state index contributed by atoms with van der Waals surface area (Å²) in [5, 5.41) is 7.22.